The zero-order chi connectivity index (χ0) is 12.4. The van der Waals surface area contributed by atoms with Crippen molar-refractivity contribution >= 4 is 16.1 Å². The molecule has 0 aliphatic carbocycles. The number of hydrogen-bond donors (Lipinski definition) is 1. The van der Waals surface area contributed by atoms with Gasteiger partial charge in [0.15, 0.2) is 0 Å². The fraction of sp³-hybridized carbons (Fsp3) is 1.00. The van der Waals surface area contributed by atoms with Crippen molar-refractivity contribution in [2.24, 2.45) is 5.92 Å². The minimum atomic E-state index is -1.24. The quantitative estimate of drug-likeness (QED) is 0.726. The Labute approximate surface area is 98.3 Å². The van der Waals surface area contributed by atoms with Gasteiger partial charge in [-0.05, 0) is 11.5 Å². The molecule has 0 saturated heterocycles. The minimum absolute atomic E-state index is 0.0941. The molecule has 0 rings (SSSR count). The number of aliphatic hydroxyl groups excluding tert-OH is 1. The molecule has 15 heavy (non-hydrogen) atoms. The van der Waals surface area contributed by atoms with Crippen LogP contribution in [0.25, 0.3) is 0 Å². The first-order valence-electron chi connectivity index (χ1n) is 6.13. The van der Waals surface area contributed by atoms with E-state index < -0.39 is 16.1 Å². The molecule has 0 aliphatic heterocycles. The van der Waals surface area contributed by atoms with Crippen LogP contribution in [-0.2, 0) is 0 Å². The summed E-state index contributed by atoms with van der Waals surface area (Å²) in [5.74, 6) is 0.401. The van der Waals surface area contributed by atoms with Crippen molar-refractivity contribution < 1.29 is 5.11 Å². The lowest BCUT2D eigenvalue weighted by atomic mass is 10.1. The lowest BCUT2D eigenvalue weighted by Crippen LogP contribution is -2.42. The summed E-state index contributed by atoms with van der Waals surface area (Å²) >= 11 is 0. The van der Waals surface area contributed by atoms with Gasteiger partial charge in [0.25, 0.3) is 0 Å². The van der Waals surface area contributed by atoms with Gasteiger partial charge >= 0.3 is 0 Å². The summed E-state index contributed by atoms with van der Waals surface area (Å²) in [7, 11) is -2.30. The number of rotatable bonds is 5. The third-order valence-electron chi connectivity index (χ3n) is 3.04. The molecular weight excluding hydrogens is 216 g/mol. The Hall–Kier alpha value is 0.394. The molecule has 1 N–H and O–H groups in total. The van der Waals surface area contributed by atoms with Crippen molar-refractivity contribution in [3.05, 3.63) is 0 Å². The maximum absolute atomic E-state index is 10.3. The molecule has 1 nitrogen and oxygen atoms in total. The van der Waals surface area contributed by atoms with Crippen LogP contribution in [-0.4, -0.2) is 27.4 Å². The van der Waals surface area contributed by atoms with Crippen molar-refractivity contribution in [3.8, 4) is 0 Å². The first kappa shape index (κ1) is 15.4. The fourth-order valence-corrected chi connectivity index (χ4v) is 9.32. The molecule has 2 atom stereocenters. The molecule has 0 radical (unpaired) electrons. The van der Waals surface area contributed by atoms with E-state index >= 15 is 0 Å². The highest BCUT2D eigenvalue weighted by Gasteiger charge is 2.37. The summed E-state index contributed by atoms with van der Waals surface area (Å²) in [6.07, 6.45) is -0.0941. The molecule has 0 aromatic rings. The van der Waals surface area contributed by atoms with Gasteiger partial charge in [-0.25, -0.2) is 0 Å². The van der Waals surface area contributed by atoms with E-state index in [0.717, 1.165) is 0 Å². The van der Waals surface area contributed by atoms with Crippen LogP contribution in [0.5, 0.6) is 0 Å². The van der Waals surface area contributed by atoms with Gasteiger partial charge in [-0.2, -0.15) is 0 Å². The molecule has 0 unspecified atom stereocenters. The number of hydrogen-bond acceptors (Lipinski definition) is 1. The monoisotopic (exact) mass is 246 g/mol. The smallest absolute Gasteiger partial charge is 0.0565 e. The molecule has 0 amide bonds. The standard InChI is InChI=1S/C12H30OSi2/c1-10(2)12(13)11(15(6,7)8)9-14(3,4)5/h10-13H,9H2,1-8H3/t11-,12+/m1/s1. The third kappa shape index (κ3) is 5.88. The van der Waals surface area contributed by atoms with Crippen LogP contribution in [0.1, 0.15) is 13.8 Å². The second-order valence-electron chi connectivity index (χ2n) is 7.47. The van der Waals surface area contributed by atoms with Crippen molar-refractivity contribution in [1.82, 2.24) is 0 Å². The van der Waals surface area contributed by atoms with E-state index in [1.807, 2.05) is 0 Å². The molecule has 92 valence electrons. The van der Waals surface area contributed by atoms with Gasteiger partial charge in [-0.15, -0.1) is 0 Å². The zero-order valence-corrected chi connectivity index (χ0v) is 13.9. The molecule has 0 heterocycles. The Kier molecular flexibility index (Phi) is 5.28. The lowest BCUT2D eigenvalue weighted by molar-refractivity contribution is 0.119. The predicted octanol–water partition coefficient (Wildman–Crippen LogP) is 4.05. The van der Waals surface area contributed by atoms with Gasteiger partial charge in [-0.1, -0.05) is 59.2 Å². The summed E-state index contributed by atoms with van der Waals surface area (Å²) in [4.78, 5) is 0. The van der Waals surface area contributed by atoms with Crippen LogP contribution in [0.4, 0.5) is 0 Å². The lowest BCUT2D eigenvalue weighted by Gasteiger charge is -2.38. The average Bonchev–Trinajstić information content (AvgIpc) is 1.94. The largest absolute Gasteiger partial charge is 0.393 e. The molecule has 0 saturated carbocycles. The first-order chi connectivity index (χ1) is 6.45. The van der Waals surface area contributed by atoms with Crippen molar-refractivity contribution in [2.75, 3.05) is 0 Å². The van der Waals surface area contributed by atoms with Gasteiger partial charge in [0, 0.05) is 16.1 Å². The van der Waals surface area contributed by atoms with E-state index in [2.05, 4.69) is 53.1 Å². The Morgan fingerprint density at radius 1 is 0.933 bits per heavy atom. The fourth-order valence-electron chi connectivity index (χ4n) is 2.06. The minimum Gasteiger partial charge on any atom is -0.393 e. The third-order valence-corrected chi connectivity index (χ3v) is 7.88. The van der Waals surface area contributed by atoms with Gasteiger partial charge < -0.3 is 5.11 Å². The van der Waals surface area contributed by atoms with Crippen LogP contribution in [0.15, 0.2) is 0 Å². The van der Waals surface area contributed by atoms with E-state index in [1.54, 1.807) is 0 Å². The van der Waals surface area contributed by atoms with Crippen LogP contribution < -0.4 is 0 Å². The zero-order valence-electron chi connectivity index (χ0n) is 11.9. The summed E-state index contributed by atoms with van der Waals surface area (Å²) in [6.45, 7) is 18.7. The van der Waals surface area contributed by atoms with Gasteiger partial charge in [-0.3, -0.25) is 0 Å². The van der Waals surface area contributed by atoms with E-state index in [4.69, 9.17) is 0 Å². The van der Waals surface area contributed by atoms with Crippen LogP contribution in [0.3, 0.4) is 0 Å². The van der Waals surface area contributed by atoms with Crippen LogP contribution >= 0.6 is 0 Å². The topological polar surface area (TPSA) is 20.2 Å². The molecule has 0 bridgehead atoms. The summed E-state index contributed by atoms with van der Waals surface area (Å²) in [5.41, 5.74) is 0.573. The van der Waals surface area contributed by atoms with Gasteiger partial charge in [0.05, 0.1) is 6.10 Å². The molecular formula is C12H30OSi2. The van der Waals surface area contributed by atoms with E-state index in [9.17, 15) is 5.11 Å². The highest BCUT2D eigenvalue weighted by atomic mass is 28.3. The molecule has 0 aromatic carbocycles. The van der Waals surface area contributed by atoms with Crippen molar-refractivity contribution in [2.45, 2.75) is 70.8 Å². The van der Waals surface area contributed by atoms with Crippen molar-refractivity contribution in [1.29, 1.82) is 0 Å². The SMILES string of the molecule is CC(C)[C@H](O)[C@@H](C[Si](C)(C)C)[Si](C)(C)C. The molecule has 0 spiro atoms. The van der Waals surface area contributed by atoms with Crippen molar-refractivity contribution in [3.63, 3.8) is 0 Å². The molecule has 0 fully saturated rings. The van der Waals surface area contributed by atoms with E-state index in [0.29, 0.717) is 11.5 Å². The predicted molar refractivity (Wildman–Crippen MR) is 76.1 cm³/mol. The summed E-state index contributed by atoms with van der Waals surface area (Å²) in [5, 5.41) is 10.3. The van der Waals surface area contributed by atoms with Crippen LogP contribution in [0, 0.1) is 5.92 Å². The maximum atomic E-state index is 10.3. The molecule has 0 aromatic heterocycles. The Morgan fingerprint density at radius 2 is 1.33 bits per heavy atom. The van der Waals surface area contributed by atoms with Gasteiger partial charge in [0.1, 0.15) is 0 Å². The Morgan fingerprint density at radius 3 is 1.53 bits per heavy atom. The molecule has 0 aliphatic rings. The normalized spacial score (nSPS) is 18.0. The highest BCUT2D eigenvalue weighted by molar-refractivity contribution is 6.82. The van der Waals surface area contributed by atoms with E-state index in [1.165, 1.54) is 6.04 Å². The van der Waals surface area contributed by atoms with Crippen LogP contribution in [0.2, 0.25) is 50.9 Å². The Balaban J connectivity index is 4.76. The number of aliphatic hydroxyl groups is 1. The Bertz CT molecular complexity index is 189. The second kappa shape index (κ2) is 5.15. The highest BCUT2D eigenvalue weighted by Crippen LogP contribution is 2.36. The van der Waals surface area contributed by atoms with E-state index in [-0.39, 0.29) is 6.10 Å². The van der Waals surface area contributed by atoms with Gasteiger partial charge in [0.2, 0.25) is 0 Å². The average molecular weight is 247 g/mol. The maximum Gasteiger partial charge on any atom is 0.0565 e. The molecule has 3 heteroatoms. The summed E-state index contributed by atoms with van der Waals surface area (Å²) in [6, 6.07) is 1.28. The first-order valence-corrected chi connectivity index (χ1v) is 13.4. The summed E-state index contributed by atoms with van der Waals surface area (Å²) < 4.78 is 0. The second-order valence-corrected chi connectivity index (χ2v) is 18.5.